The Morgan fingerprint density at radius 1 is 1.21 bits per heavy atom. The minimum atomic E-state index is 0.820. The van der Waals surface area contributed by atoms with E-state index in [0.717, 1.165) is 18.1 Å². The fourth-order valence-electron chi connectivity index (χ4n) is 3.36. The molecule has 3 heterocycles. The van der Waals surface area contributed by atoms with Crippen molar-refractivity contribution in [3.63, 3.8) is 0 Å². The van der Waals surface area contributed by atoms with Crippen LogP contribution in [0.15, 0.2) is 0 Å². The molecule has 3 aliphatic rings. The van der Waals surface area contributed by atoms with Gasteiger partial charge in [0.2, 0.25) is 0 Å². The molecule has 3 fully saturated rings. The fraction of sp³-hybridized carbons (Fsp3) is 1.00. The van der Waals surface area contributed by atoms with E-state index in [9.17, 15) is 0 Å². The molecule has 2 atom stereocenters. The van der Waals surface area contributed by atoms with Crippen LogP contribution in [-0.4, -0.2) is 61.2 Å². The average Bonchev–Trinajstić information content (AvgIpc) is 2.57. The molecule has 0 aliphatic carbocycles. The monoisotopic (exact) mass is 195 g/mol. The zero-order valence-electron chi connectivity index (χ0n) is 9.08. The lowest BCUT2D eigenvalue weighted by molar-refractivity contribution is 0.107. The van der Waals surface area contributed by atoms with E-state index in [1.54, 1.807) is 0 Å². The van der Waals surface area contributed by atoms with Gasteiger partial charge in [0.05, 0.1) is 0 Å². The van der Waals surface area contributed by atoms with Crippen molar-refractivity contribution in [2.45, 2.75) is 37.4 Å². The number of hydrogen-bond donors (Lipinski definition) is 1. The summed E-state index contributed by atoms with van der Waals surface area (Å²) < 4.78 is 0. The lowest BCUT2D eigenvalue weighted by atomic mass is 10.0. The summed E-state index contributed by atoms with van der Waals surface area (Å²) in [6, 6.07) is 2.56. The number of likely N-dealkylation sites (N-methyl/N-ethyl adjacent to an activating group) is 1. The van der Waals surface area contributed by atoms with Gasteiger partial charge in [-0.3, -0.25) is 9.80 Å². The molecule has 0 saturated carbocycles. The van der Waals surface area contributed by atoms with Crippen LogP contribution in [-0.2, 0) is 0 Å². The predicted octanol–water partition coefficient (Wildman–Crippen LogP) is 0.127. The van der Waals surface area contributed by atoms with Gasteiger partial charge in [0.1, 0.15) is 0 Å². The average molecular weight is 195 g/mol. The number of rotatable bonds is 2. The number of hydrogen-bond acceptors (Lipinski definition) is 3. The van der Waals surface area contributed by atoms with Gasteiger partial charge < -0.3 is 5.32 Å². The summed E-state index contributed by atoms with van der Waals surface area (Å²) in [5, 5.41) is 3.37. The lowest BCUT2D eigenvalue weighted by Gasteiger charge is -2.41. The zero-order chi connectivity index (χ0) is 9.54. The van der Waals surface area contributed by atoms with E-state index < -0.39 is 0 Å². The molecular weight excluding hydrogens is 174 g/mol. The second-order valence-corrected chi connectivity index (χ2v) is 5.08. The highest BCUT2D eigenvalue weighted by molar-refractivity contribution is 4.99. The zero-order valence-corrected chi connectivity index (χ0v) is 9.08. The first-order valence-corrected chi connectivity index (χ1v) is 6.03. The van der Waals surface area contributed by atoms with Crippen molar-refractivity contribution >= 4 is 0 Å². The van der Waals surface area contributed by atoms with Gasteiger partial charge in [0.25, 0.3) is 0 Å². The van der Waals surface area contributed by atoms with E-state index in [0.29, 0.717) is 0 Å². The summed E-state index contributed by atoms with van der Waals surface area (Å²) >= 11 is 0. The second-order valence-electron chi connectivity index (χ2n) is 5.08. The Bertz CT molecular complexity index is 215. The highest BCUT2D eigenvalue weighted by Gasteiger charge is 2.41. The van der Waals surface area contributed by atoms with Gasteiger partial charge in [-0.2, -0.15) is 0 Å². The Morgan fingerprint density at radius 3 is 2.79 bits per heavy atom. The van der Waals surface area contributed by atoms with Crippen LogP contribution in [0.1, 0.15) is 19.3 Å². The van der Waals surface area contributed by atoms with Gasteiger partial charge in [-0.1, -0.05) is 0 Å². The van der Waals surface area contributed by atoms with Crippen LogP contribution in [0, 0.1) is 0 Å². The molecule has 14 heavy (non-hydrogen) atoms. The normalized spacial score (nSPS) is 39.0. The maximum atomic E-state index is 3.37. The van der Waals surface area contributed by atoms with E-state index >= 15 is 0 Å². The molecule has 0 spiro atoms. The highest BCUT2D eigenvalue weighted by atomic mass is 15.3. The highest BCUT2D eigenvalue weighted by Crippen LogP contribution is 2.31. The summed E-state index contributed by atoms with van der Waals surface area (Å²) in [5.41, 5.74) is 0. The molecule has 0 bridgehead atoms. The summed E-state index contributed by atoms with van der Waals surface area (Å²) in [5.74, 6) is 0. The van der Waals surface area contributed by atoms with Gasteiger partial charge in [0, 0.05) is 37.8 Å². The van der Waals surface area contributed by atoms with E-state index in [-0.39, 0.29) is 0 Å². The maximum Gasteiger partial charge on any atom is 0.0345 e. The molecule has 3 nitrogen and oxygen atoms in total. The molecule has 3 rings (SSSR count). The molecular formula is C11H21N3. The lowest BCUT2D eigenvalue weighted by Crippen LogP contribution is -2.60. The van der Waals surface area contributed by atoms with Gasteiger partial charge >= 0.3 is 0 Å². The maximum absolute atomic E-state index is 3.37. The van der Waals surface area contributed by atoms with Crippen molar-refractivity contribution in [1.29, 1.82) is 0 Å². The third-order valence-corrected chi connectivity index (χ3v) is 4.43. The number of nitrogens with zero attached hydrogens (tertiary/aromatic N) is 2. The van der Waals surface area contributed by atoms with Gasteiger partial charge in [-0.15, -0.1) is 0 Å². The Hall–Kier alpha value is -0.120. The first-order valence-electron chi connectivity index (χ1n) is 6.03. The van der Waals surface area contributed by atoms with Gasteiger partial charge in [0.15, 0.2) is 0 Å². The summed E-state index contributed by atoms with van der Waals surface area (Å²) in [6.45, 7) is 5.12. The smallest absolute Gasteiger partial charge is 0.0345 e. The SMILES string of the molecule is CN(C1CNC1)C1CCN2CCCC12. The molecule has 80 valence electrons. The second kappa shape index (κ2) is 3.47. The molecule has 0 aromatic carbocycles. The fourth-order valence-corrected chi connectivity index (χ4v) is 3.36. The molecule has 3 saturated heterocycles. The van der Waals surface area contributed by atoms with Crippen molar-refractivity contribution in [1.82, 2.24) is 15.1 Å². The molecule has 3 heteroatoms. The van der Waals surface area contributed by atoms with Crippen molar-refractivity contribution in [2.24, 2.45) is 0 Å². The van der Waals surface area contributed by atoms with E-state index in [1.165, 1.54) is 45.4 Å². The first kappa shape index (κ1) is 9.13. The van der Waals surface area contributed by atoms with E-state index in [4.69, 9.17) is 0 Å². The molecule has 2 unspecified atom stereocenters. The molecule has 1 N–H and O–H groups in total. The number of fused-ring (bicyclic) bond motifs is 1. The largest absolute Gasteiger partial charge is 0.314 e. The standard InChI is InChI=1S/C11H21N3/c1-13(9-7-12-8-9)10-4-6-14-5-2-3-11(10)14/h9-12H,2-8H2,1H3. The summed E-state index contributed by atoms with van der Waals surface area (Å²) in [4.78, 5) is 5.35. The van der Waals surface area contributed by atoms with Crippen LogP contribution in [0.4, 0.5) is 0 Å². The Kier molecular flexibility index (Phi) is 2.26. The third kappa shape index (κ3) is 1.30. The van der Waals surface area contributed by atoms with Crippen LogP contribution in [0.2, 0.25) is 0 Å². The predicted molar refractivity (Wildman–Crippen MR) is 57.4 cm³/mol. The van der Waals surface area contributed by atoms with Gasteiger partial charge in [-0.25, -0.2) is 0 Å². The number of nitrogens with one attached hydrogen (secondary N) is 1. The van der Waals surface area contributed by atoms with Crippen LogP contribution in [0.3, 0.4) is 0 Å². The Morgan fingerprint density at radius 2 is 2.07 bits per heavy atom. The summed E-state index contributed by atoms with van der Waals surface area (Å²) in [7, 11) is 2.33. The third-order valence-electron chi connectivity index (χ3n) is 4.43. The molecule has 0 aromatic heterocycles. The Labute approximate surface area is 86.4 Å². The Balaban J connectivity index is 1.66. The topological polar surface area (TPSA) is 18.5 Å². The van der Waals surface area contributed by atoms with E-state index in [1.807, 2.05) is 0 Å². The minimum absolute atomic E-state index is 0.820. The minimum Gasteiger partial charge on any atom is -0.314 e. The van der Waals surface area contributed by atoms with Crippen molar-refractivity contribution in [2.75, 3.05) is 33.2 Å². The van der Waals surface area contributed by atoms with E-state index in [2.05, 4.69) is 22.2 Å². The molecule has 3 aliphatic heterocycles. The van der Waals surface area contributed by atoms with Crippen LogP contribution < -0.4 is 5.32 Å². The molecule has 0 amide bonds. The summed E-state index contributed by atoms with van der Waals surface area (Å²) in [6.07, 6.45) is 4.27. The molecule has 0 aromatic rings. The van der Waals surface area contributed by atoms with Crippen molar-refractivity contribution in [3.8, 4) is 0 Å². The molecule has 0 radical (unpaired) electrons. The van der Waals surface area contributed by atoms with Crippen molar-refractivity contribution in [3.05, 3.63) is 0 Å². The van der Waals surface area contributed by atoms with Crippen LogP contribution in [0.5, 0.6) is 0 Å². The van der Waals surface area contributed by atoms with Crippen LogP contribution >= 0.6 is 0 Å². The van der Waals surface area contributed by atoms with Crippen molar-refractivity contribution < 1.29 is 0 Å². The van der Waals surface area contributed by atoms with Gasteiger partial charge in [-0.05, 0) is 32.9 Å². The quantitative estimate of drug-likeness (QED) is 0.675. The first-order chi connectivity index (χ1) is 6.86. The van der Waals surface area contributed by atoms with Crippen LogP contribution in [0.25, 0.3) is 0 Å².